The average molecular weight is 596 g/mol. The van der Waals surface area contributed by atoms with E-state index in [2.05, 4.69) is 0 Å². The van der Waals surface area contributed by atoms with Crippen molar-refractivity contribution in [2.45, 2.75) is 48.4 Å². The minimum absolute atomic E-state index is 0.283. The van der Waals surface area contributed by atoms with Crippen LogP contribution < -0.4 is 5.32 Å². The maximum Gasteiger partial charge on any atom is 0.462 e. The van der Waals surface area contributed by atoms with Gasteiger partial charge in [-0.3, -0.25) is 14.3 Å². The van der Waals surface area contributed by atoms with Crippen LogP contribution in [0.2, 0.25) is 0 Å². The quantitative estimate of drug-likeness (QED) is 0.355. The van der Waals surface area contributed by atoms with Gasteiger partial charge in [0.05, 0.1) is 11.6 Å². The molecule has 0 aliphatic heterocycles. The van der Waals surface area contributed by atoms with Gasteiger partial charge in [-0.1, -0.05) is 0 Å². The number of hydrogen-bond acceptors (Lipinski definition) is 4. The van der Waals surface area contributed by atoms with Crippen molar-refractivity contribution in [3.05, 3.63) is 29.8 Å². The molecule has 0 aliphatic carbocycles. The molecular weight excluding hydrogens is 591 g/mol. The second-order valence-electron chi connectivity index (χ2n) is 6.64. The Labute approximate surface area is 196 Å². The van der Waals surface area contributed by atoms with Gasteiger partial charge in [0.15, 0.2) is 0 Å². The Morgan fingerprint density at radius 1 is 0.658 bits per heavy atom. The number of nitriles is 1. The first-order valence-electron chi connectivity index (χ1n) is 8.53. The molecule has 38 heavy (non-hydrogen) atoms. The fraction of sp³-hybridized carbons (Fsp3) is 0.500. The number of anilines is 1. The van der Waals surface area contributed by atoms with E-state index in [4.69, 9.17) is 5.26 Å². The minimum atomic E-state index is -8.09. The van der Waals surface area contributed by atoms with Crippen LogP contribution in [-0.4, -0.2) is 54.3 Å². The van der Waals surface area contributed by atoms with Gasteiger partial charge >= 0.3 is 48.4 Å². The maximum absolute atomic E-state index is 14.4. The SMILES string of the molecule is N#Cc1ccc(NC(=O)[C@@](F)(OC(F)(F)[C@](F)(OC(F)(F)C(F)(F)C(F)(F)F)C(F)(F)F)C(F)(F)F)cc1. The van der Waals surface area contributed by atoms with Crippen molar-refractivity contribution in [3.63, 3.8) is 0 Å². The molecule has 0 unspecified atom stereocenters. The number of alkyl halides is 17. The molecule has 216 valence electrons. The molecule has 1 amide bonds. The lowest BCUT2D eigenvalue weighted by atomic mass is 10.2. The predicted octanol–water partition coefficient (Wildman–Crippen LogP) is 6.37. The second kappa shape index (κ2) is 9.58. The van der Waals surface area contributed by atoms with Crippen molar-refractivity contribution in [2.75, 3.05) is 5.32 Å². The van der Waals surface area contributed by atoms with E-state index in [9.17, 15) is 79.4 Å². The van der Waals surface area contributed by atoms with E-state index < -0.39 is 60.0 Å². The van der Waals surface area contributed by atoms with E-state index in [-0.39, 0.29) is 5.56 Å². The number of amides is 1. The molecule has 0 spiro atoms. The smallest absolute Gasteiger partial charge is 0.321 e. The third-order valence-electron chi connectivity index (χ3n) is 3.93. The Bertz CT molecular complexity index is 1060. The van der Waals surface area contributed by atoms with Gasteiger partial charge in [0, 0.05) is 5.69 Å². The van der Waals surface area contributed by atoms with E-state index >= 15 is 0 Å². The van der Waals surface area contributed by atoms with Crippen molar-refractivity contribution < 1.29 is 88.9 Å². The largest absolute Gasteiger partial charge is 0.462 e. The lowest BCUT2D eigenvalue weighted by molar-refractivity contribution is -0.548. The first-order valence-corrected chi connectivity index (χ1v) is 8.53. The zero-order valence-corrected chi connectivity index (χ0v) is 16.9. The molecule has 0 aromatic heterocycles. The monoisotopic (exact) mass is 596 g/mol. The van der Waals surface area contributed by atoms with E-state index in [1.165, 1.54) is 10.8 Å². The maximum atomic E-state index is 14.4. The highest BCUT2D eigenvalue weighted by atomic mass is 19.4. The molecule has 0 saturated carbocycles. The Morgan fingerprint density at radius 3 is 1.45 bits per heavy atom. The number of nitrogens with zero attached hydrogens (tertiary/aromatic N) is 1. The molecule has 0 heterocycles. The number of nitrogens with one attached hydrogen (secondary N) is 1. The summed E-state index contributed by atoms with van der Waals surface area (Å²) in [4.78, 5) is 11.7. The number of halogens is 17. The zero-order valence-electron chi connectivity index (χ0n) is 16.9. The van der Waals surface area contributed by atoms with Gasteiger partial charge in [-0.2, -0.15) is 79.9 Å². The summed E-state index contributed by atoms with van der Waals surface area (Å²) in [6.45, 7) is 0. The first kappa shape index (κ1) is 32.9. The summed E-state index contributed by atoms with van der Waals surface area (Å²) in [5.41, 5.74) is -1.31. The molecule has 0 saturated heterocycles. The first-order chi connectivity index (χ1) is 16.6. The highest BCUT2D eigenvalue weighted by Crippen LogP contribution is 2.56. The number of ether oxygens (including phenoxy) is 2. The number of rotatable bonds is 8. The summed E-state index contributed by atoms with van der Waals surface area (Å²) >= 11 is 0. The van der Waals surface area contributed by atoms with Crippen LogP contribution >= 0.6 is 0 Å². The van der Waals surface area contributed by atoms with E-state index in [1.807, 2.05) is 4.74 Å². The van der Waals surface area contributed by atoms with Crippen LogP contribution in [0, 0.1) is 11.3 Å². The molecular formula is C16H5F17N2O3. The van der Waals surface area contributed by atoms with Gasteiger partial charge in [0.25, 0.3) is 5.91 Å². The fourth-order valence-electron chi connectivity index (χ4n) is 2.00. The molecule has 0 radical (unpaired) electrons. The topological polar surface area (TPSA) is 71.4 Å². The van der Waals surface area contributed by atoms with Crippen LogP contribution in [-0.2, 0) is 14.3 Å². The van der Waals surface area contributed by atoms with Crippen LogP contribution in [0.1, 0.15) is 5.56 Å². The van der Waals surface area contributed by atoms with Gasteiger partial charge < -0.3 is 5.32 Å². The van der Waals surface area contributed by atoms with Crippen LogP contribution in [0.5, 0.6) is 0 Å². The van der Waals surface area contributed by atoms with Crippen molar-refractivity contribution in [2.24, 2.45) is 0 Å². The van der Waals surface area contributed by atoms with Crippen molar-refractivity contribution >= 4 is 11.6 Å². The number of carbonyl (C=O) groups is 1. The summed E-state index contributed by atoms with van der Waals surface area (Å²) in [6.07, 6.45) is -38.7. The highest BCUT2D eigenvalue weighted by molar-refractivity contribution is 5.96. The molecule has 1 aromatic rings. The lowest BCUT2D eigenvalue weighted by Gasteiger charge is -2.40. The zero-order chi connectivity index (χ0) is 30.4. The Kier molecular flexibility index (Phi) is 8.31. The fourth-order valence-corrected chi connectivity index (χ4v) is 2.00. The molecule has 1 N–H and O–H groups in total. The summed E-state index contributed by atoms with van der Waals surface area (Å²) in [6, 6.07) is 3.75. The standard InChI is InChI=1S/C16H5F17N2O3/c17-9(12(21,22)23,8(36)35-7-3-1-6(5-34)2-4-7)37-16(32,33)11(20,14(27,28)29)38-15(30,31)10(18,19)13(24,25)26/h1-4H,(H,35,36)/t9-,11-/m1/s1. The Hall–Kier alpha value is -3.09. The van der Waals surface area contributed by atoms with Crippen molar-refractivity contribution in [1.29, 1.82) is 5.26 Å². The van der Waals surface area contributed by atoms with Crippen LogP contribution in [0.15, 0.2) is 24.3 Å². The van der Waals surface area contributed by atoms with Crippen molar-refractivity contribution in [1.82, 2.24) is 0 Å². The van der Waals surface area contributed by atoms with Gasteiger partial charge in [-0.15, -0.1) is 0 Å². The third kappa shape index (κ3) is 5.82. The molecule has 2 atom stereocenters. The molecule has 22 heteroatoms. The van der Waals surface area contributed by atoms with E-state index in [0.717, 1.165) is 5.32 Å². The Morgan fingerprint density at radius 2 is 1.11 bits per heavy atom. The third-order valence-corrected chi connectivity index (χ3v) is 3.93. The highest BCUT2D eigenvalue weighted by Gasteiger charge is 2.85. The van der Waals surface area contributed by atoms with Crippen molar-refractivity contribution in [3.8, 4) is 6.07 Å². The summed E-state index contributed by atoms with van der Waals surface area (Å²) in [5, 5.41) is 9.32. The van der Waals surface area contributed by atoms with Gasteiger partial charge in [-0.05, 0) is 24.3 Å². The lowest BCUT2D eigenvalue weighted by Crippen LogP contribution is -2.68. The predicted molar refractivity (Wildman–Crippen MR) is 82.6 cm³/mol. The summed E-state index contributed by atoms with van der Waals surface area (Å²) in [7, 11) is 0. The molecule has 0 aliphatic rings. The molecule has 1 rings (SSSR count). The second-order valence-corrected chi connectivity index (χ2v) is 6.64. The van der Waals surface area contributed by atoms with Crippen LogP contribution in [0.4, 0.5) is 80.3 Å². The minimum Gasteiger partial charge on any atom is -0.321 e. The average Bonchev–Trinajstić information content (AvgIpc) is 2.70. The summed E-state index contributed by atoms with van der Waals surface area (Å²) in [5.74, 6) is -26.4. The molecule has 1 aromatic carbocycles. The number of benzene rings is 1. The van der Waals surface area contributed by atoms with E-state index in [1.54, 1.807) is 0 Å². The summed E-state index contributed by atoms with van der Waals surface area (Å²) < 4.78 is 226. The number of carbonyl (C=O) groups excluding carboxylic acids is 1. The number of hydrogen-bond donors (Lipinski definition) is 1. The molecule has 5 nitrogen and oxygen atoms in total. The van der Waals surface area contributed by atoms with Gasteiger partial charge in [0.1, 0.15) is 0 Å². The van der Waals surface area contributed by atoms with Crippen LogP contribution in [0.3, 0.4) is 0 Å². The van der Waals surface area contributed by atoms with Gasteiger partial charge in [0.2, 0.25) is 0 Å². The van der Waals surface area contributed by atoms with Crippen LogP contribution in [0.25, 0.3) is 0 Å². The molecule has 0 bridgehead atoms. The van der Waals surface area contributed by atoms with E-state index in [0.29, 0.717) is 24.3 Å². The van der Waals surface area contributed by atoms with Gasteiger partial charge in [-0.25, -0.2) is 0 Å². The molecule has 0 fully saturated rings. The normalized spacial score (nSPS) is 17.3. The Balaban J connectivity index is 3.61.